The van der Waals surface area contributed by atoms with Crippen molar-refractivity contribution in [3.8, 4) is 6.07 Å². The third kappa shape index (κ3) is 1.81. The molecule has 3 rings (SSSR count). The van der Waals surface area contributed by atoms with Crippen molar-refractivity contribution < 1.29 is 4.79 Å². The molecule has 0 fully saturated rings. The Morgan fingerprint density at radius 2 is 1.85 bits per heavy atom. The number of anilines is 2. The molecule has 4 nitrogen and oxygen atoms in total. The van der Waals surface area contributed by atoms with E-state index < -0.39 is 5.54 Å². The predicted molar refractivity (Wildman–Crippen MR) is 77.2 cm³/mol. The second-order valence-corrected chi connectivity index (χ2v) is 4.94. The molecule has 0 saturated carbocycles. The Morgan fingerprint density at radius 3 is 2.55 bits per heavy atom. The van der Waals surface area contributed by atoms with Gasteiger partial charge in [-0.05, 0) is 30.7 Å². The molecule has 0 aliphatic carbocycles. The van der Waals surface area contributed by atoms with E-state index in [9.17, 15) is 4.79 Å². The molecular formula is C16H13N3O. The van der Waals surface area contributed by atoms with E-state index >= 15 is 0 Å². The van der Waals surface area contributed by atoms with Crippen LogP contribution in [0.15, 0.2) is 48.5 Å². The zero-order chi connectivity index (χ0) is 14.2. The smallest absolute Gasteiger partial charge is 0.254 e. The van der Waals surface area contributed by atoms with Gasteiger partial charge in [-0.2, -0.15) is 5.26 Å². The summed E-state index contributed by atoms with van der Waals surface area (Å²) in [7, 11) is 0. The Balaban J connectivity index is 2.08. The topological polar surface area (TPSA) is 64.9 Å². The van der Waals surface area contributed by atoms with E-state index in [1.54, 1.807) is 18.2 Å². The number of carbonyl (C=O) groups is 1. The molecule has 0 aromatic heterocycles. The van der Waals surface area contributed by atoms with Crippen molar-refractivity contribution in [2.45, 2.75) is 12.5 Å². The zero-order valence-corrected chi connectivity index (χ0v) is 11.0. The van der Waals surface area contributed by atoms with Crippen molar-refractivity contribution in [2.24, 2.45) is 0 Å². The maximum absolute atomic E-state index is 12.4. The second kappa shape index (κ2) is 4.39. The Morgan fingerprint density at radius 1 is 1.10 bits per heavy atom. The average Bonchev–Trinajstić information content (AvgIpc) is 2.49. The molecule has 1 atom stereocenters. The molecule has 0 bridgehead atoms. The molecule has 2 N–H and O–H groups in total. The molecule has 1 unspecified atom stereocenters. The second-order valence-electron chi connectivity index (χ2n) is 4.94. The van der Waals surface area contributed by atoms with Gasteiger partial charge in [-0.3, -0.25) is 4.79 Å². The fraction of sp³-hybridized carbons (Fsp3) is 0.125. The first-order valence-electron chi connectivity index (χ1n) is 6.33. The summed E-state index contributed by atoms with van der Waals surface area (Å²) in [6.07, 6.45) is 0. The molecule has 0 saturated heterocycles. The normalized spacial score (nSPS) is 20.3. The lowest BCUT2D eigenvalue weighted by molar-refractivity contribution is -0.120. The Hall–Kier alpha value is -2.80. The number of nitrogens with one attached hydrogen (secondary N) is 2. The highest BCUT2D eigenvalue weighted by Crippen LogP contribution is 2.36. The molecule has 20 heavy (non-hydrogen) atoms. The Bertz CT molecular complexity index is 718. The first-order chi connectivity index (χ1) is 9.63. The van der Waals surface area contributed by atoms with Crippen molar-refractivity contribution in [2.75, 3.05) is 10.6 Å². The molecule has 1 aliphatic heterocycles. The molecular weight excluding hydrogens is 250 g/mol. The summed E-state index contributed by atoms with van der Waals surface area (Å²) in [6.45, 7) is 1.83. The number of amides is 1. The van der Waals surface area contributed by atoms with Crippen LogP contribution in [0.5, 0.6) is 0 Å². The number of nitriles is 1. The van der Waals surface area contributed by atoms with Gasteiger partial charge in [-0.15, -0.1) is 0 Å². The first-order valence-corrected chi connectivity index (χ1v) is 6.33. The monoisotopic (exact) mass is 263 g/mol. The maximum Gasteiger partial charge on any atom is 0.254 e. The fourth-order valence-electron chi connectivity index (χ4n) is 2.37. The van der Waals surface area contributed by atoms with E-state index in [1.807, 2.05) is 37.3 Å². The molecule has 4 heteroatoms. The van der Waals surface area contributed by atoms with Gasteiger partial charge in [-0.1, -0.05) is 30.3 Å². The van der Waals surface area contributed by atoms with Gasteiger partial charge in [0.1, 0.15) is 5.54 Å². The van der Waals surface area contributed by atoms with E-state index in [-0.39, 0.29) is 5.91 Å². The maximum atomic E-state index is 12.4. The minimum Gasteiger partial charge on any atom is -0.366 e. The van der Waals surface area contributed by atoms with Gasteiger partial charge in [0.05, 0.1) is 23.0 Å². The molecule has 1 amide bonds. The third-order valence-electron chi connectivity index (χ3n) is 3.59. The lowest BCUT2D eigenvalue weighted by Gasteiger charge is -2.36. The SMILES string of the molecule is CC1(c2ccccc2)Nc2cc(C#N)ccc2NC1=O. The van der Waals surface area contributed by atoms with Crippen LogP contribution in [0.4, 0.5) is 11.4 Å². The number of fused-ring (bicyclic) bond motifs is 1. The van der Waals surface area contributed by atoms with Crippen molar-refractivity contribution in [3.63, 3.8) is 0 Å². The van der Waals surface area contributed by atoms with E-state index in [1.165, 1.54) is 0 Å². The average molecular weight is 263 g/mol. The summed E-state index contributed by atoms with van der Waals surface area (Å²) >= 11 is 0. The van der Waals surface area contributed by atoms with Crippen LogP contribution in [-0.4, -0.2) is 5.91 Å². The summed E-state index contributed by atoms with van der Waals surface area (Å²) in [4.78, 5) is 12.4. The number of carbonyl (C=O) groups excluding carboxylic acids is 1. The predicted octanol–water partition coefficient (Wildman–Crippen LogP) is 2.84. The quantitative estimate of drug-likeness (QED) is 0.831. The summed E-state index contributed by atoms with van der Waals surface area (Å²) in [5.74, 6) is -0.110. The van der Waals surface area contributed by atoms with Gasteiger partial charge in [0.2, 0.25) is 0 Å². The summed E-state index contributed by atoms with van der Waals surface area (Å²) in [5.41, 5.74) is 2.05. The van der Waals surface area contributed by atoms with E-state index in [0.717, 1.165) is 11.3 Å². The lowest BCUT2D eigenvalue weighted by Crippen LogP contribution is -2.47. The number of rotatable bonds is 1. The van der Waals surface area contributed by atoms with Crippen LogP contribution in [0.2, 0.25) is 0 Å². The van der Waals surface area contributed by atoms with Crippen LogP contribution < -0.4 is 10.6 Å². The van der Waals surface area contributed by atoms with Crippen LogP contribution >= 0.6 is 0 Å². The Kier molecular flexibility index (Phi) is 2.69. The van der Waals surface area contributed by atoms with E-state index in [2.05, 4.69) is 16.7 Å². The van der Waals surface area contributed by atoms with Gasteiger partial charge in [0.25, 0.3) is 5.91 Å². The van der Waals surface area contributed by atoms with Gasteiger partial charge < -0.3 is 10.6 Å². The number of hydrogen-bond donors (Lipinski definition) is 2. The van der Waals surface area contributed by atoms with Gasteiger partial charge in [-0.25, -0.2) is 0 Å². The molecule has 2 aromatic rings. The number of benzene rings is 2. The third-order valence-corrected chi connectivity index (χ3v) is 3.59. The molecule has 98 valence electrons. The van der Waals surface area contributed by atoms with Crippen molar-refractivity contribution >= 4 is 17.3 Å². The van der Waals surface area contributed by atoms with Crippen LogP contribution in [-0.2, 0) is 10.3 Å². The number of nitrogens with zero attached hydrogens (tertiary/aromatic N) is 1. The van der Waals surface area contributed by atoms with Crippen molar-refractivity contribution in [1.82, 2.24) is 0 Å². The van der Waals surface area contributed by atoms with E-state index in [0.29, 0.717) is 11.3 Å². The largest absolute Gasteiger partial charge is 0.366 e. The van der Waals surface area contributed by atoms with Crippen LogP contribution in [0.1, 0.15) is 18.1 Å². The minimum absolute atomic E-state index is 0.110. The molecule has 0 radical (unpaired) electrons. The fourth-order valence-corrected chi connectivity index (χ4v) is 2.37. The summed E-state index contributed by atoms with van der Waals surface area (Å²) in [5, 5.41) is 15.1. The molecule has 2 aromatic carbocycles. The van der Waals surface area contributed by atoms with Crippen molar-refractivity contribution in [1.29, 1.82) is 5.26 Å². The molecule has 1 aliphatic rings. The van der Waals surface area contributed by atoms with Gasteiger partial charge in [0.15, 0.2) is 0 Å². The van der Waals surface area contributed by atoms with E-state index in [4.69, 9.17) is 5.26 Å². The zero-order valence-electron chi connectivity index (χ0n) is 11.0. The summed E-state index contributed by atoms with van der Waals surface area (Å²) < 4.78 is 0. The van der Waals surface area contributed by atoms with Gasteiger partial charge >= 0.3 is 0 Å². The first kappa shape index (κ1) is 12.2. The van der Waals surface area contributed by atoms with Crippen LogP contribution in [0.3, 0.4) is 0 Å². The lowest BCUT2D eigenvalue weighted by atomic mass is 9.88. The summed E-state index contributed by atoms with van der Waals surface area (Å²) in [6, 6.07) is 16.8. The van der Waals surface area contributed by atoms with Crippen LogP contribution in [0.25, 0.3) is 0 Å². The van der Waals surface area contributed by atoms with Crippen LogP contribution in [0, 0.1) is 11.3 Å². The highest BCUT2D eigenvalue weighted by atomic mass is 16.2. The Labute approximate surface area is 117 Å². The molecule has 0 spiro atoms. The van der Waals surface area contributed by atoms with Crippen molar-refractivity contribution in [3.05, 3.63) is 59.7 Å². The van der Waals surface area contributed by atoms with Gasteiger partial charge in [0, 0.05) is 0 Å². The number of hydrogen-bond acceptors (Lipinski definition) is 3. The highest BCUT2D eigenvalue weighted by Gasteiger charge is 2.39. The highest BCUT2D eigenvalue weighted by molar-refractivity contribution is 6.06. The standard InChI is InChI=1S/C16H13N3O/c1-16(12-5-3-2-4-6-12)15(20)18-13-8-7-11(10-17)9-14(13)19-16/h2-9,19H,1H3,(H,18,20). The molecule has 1 heterocycles. The minimum atomic E-state index is -0.845.